The van der Waals surface area contributed by atoms with Crippen LogP contribution in [0.5, 0.6) is 0 Å². The van der Waals surface area contributed by atoms with Crippen molar-refractivity contribution in [1.29, 1.82) is 5.26 Å². The molecule has 1 aromatic carbocycles. The first-order valence-electron chi connectivity index (χ1n) is 5.38. The van der Waals surface area contributed by atoms with Gasteiger partial charge in [0.05, 0.1) is 11.5 Å². The zero-order valence-electron chi connectivity index (χ0n) is 10.3. The molecule has 0 saturated carbocycles. The molecule has 0 saturated heterocycles. The molecule has 1 unspecified atom stereocenters. The fraction of sp³-hybridized carbons (Fsp3) is 0.429. The molecular weight excluding hydrogens is 198 g/mol. The van der Waals surface area contributed by atoms with Gasteiger partial charge in [-0.05, 0) is 44.4 Å². The van der Waals surface area contributed by atoms with Crippen molar-refractivity contribution in [3.8, 4) is 6.07 Å². The van der Waals surface area contributed by atoms with E-state index in [4.69, 9.17) is 0 Å². The number of carbonyl (C=O) groups is 1. The largest absolute Gasteiger partial charge is 0.300 e. The van der Waals surface area contributed by atoms with Crippen LogP contribution in [0.15, 0.2) is 18.2 Å². The summed E-state index contributed by atoms with van der Waals surface area (Å²) in [5.74, 6) is 0.0463. The molecule has 2 nitrogen and oxygen atoms in total. The summed E-state index contributed by atoms with van der Waals surface area (Å²) in [6, 6.07) is 8.17. The molecule has 0 radical (unpaired) electrons. The minimum absolute atomic E-state index is 0.0463. The Morgan fingerprint density at radius 3 is 2.56 bits per heavy atom. The molecule has 0 aliphatic carbocycles. The van der Waals surface area contributed by atoms with Crippen LogP contribution in [0.4, 0.5) is 0 Å². The van der Waals surface area contributed by atoms with E-state index < -0.39 is 5.41 Å². The zero-order valence-corrected chi connectivity index (χ0v) is 10.3. The van der Waals surface area contributed by atoms with Crippen LogP contribution in [0.2, 0.25) is 0 Å². The molecule has 0 heterocycles. The summed E-state index contributed by atoms with van der Waals surface area (Å²) in [4.78, 5) is 11.2. The van der Waals surface area contributed by atoms with E-state index in [2.05, 4.69) is 6.07 Å². The molecule has 1 aromatic rings. The number of carbonyl (C=O) groups excluding carboxylic acids is 1. The molecule has 2 heteroatoms. The Bertz CT molecular complexity index is 456. The second-order valence-corrected chi connectivity index (χ2v) is 4.57. The molecule has 0 aliphatic rings. The van der Waals surface area contributed by atoms with Crippen LogP contribution in [0, 0.1) is 25.2 Å². The number of nitriles is 1. The van der Waals surface area contributed by atoms with Crippen molar-refractivity contribution in [1.82, 2.24) is 0 Å². The standard InChI is InChI=1S/C14H17NO/c1-10-6-5-7-13(12(10)3)14(4,9-15)8-11(2)16/h5-7H,8H2,1-4H3. The van der Waals surface area contributed by atoms with Crippen LogP contribution in [0.1, 0.15) is 37.0 Å². The molecule has 0 spiro atoms. The Balaban J connectivity index is 3.29. The van der Waals surface area contributed by atoms with Crippen molar-refractivity contribution in [2.75, 3.05) is 0 Å². The van der Waals surface area contributed by atoms with Crippen molar-refractivity contribution in [2.45, 2.75) is 39.5 Å². The Morgan fingerprint density at radius 2 is 2.06 bits per heavy atom. The van der Waals surface area contributed by atoms with Gasteiger partial charge in [0, 0.05) is 6.42 Å². The predicted molar refractivity (Wildman–Crippen MR) is 64.2 cm³/mol. The van der Waals surface area contributed by atoms with Crippen molar-refractivity contribution >= 4 is 5.78 Å². The molecule has 0 aromatic heterocycles. The Morgan fingerprint density at radius 1 is 1.44 bits per heavy atom. The maximum atomic E-state index is 11.2. The molecule has 1 rings (SSSR count). The third kappa shape index (κ3) is 2.30. The van der Waals surface area contributed by atoms with Crippen LogP contribution in [0.3, 0.4) is 0 Å². The fourth-order valence-electron chi connectivity index (χ4n) is 2.04. The van der Waals surface area contributed by atoms with Gasteiger partial charge in [-0.15, -0.1) is 0 Å². The zero-order chi connectivity index (χ0) is 12.3. The van der Waals surface area contributed by atoms with E-state index in [9.17, 15) is 10.1 Å². The number of ketones is 1. The Hall–Kier alpha value is -1.62. The van der Waals surface area contributed by atoms with Gasteiger partial charge < -0.3 is 0 Å². The first kappa shape index (κ1) is 12.4. The number of benzene rings is 1. The average molecular weight is 215 g/mol. The highest BCUT2D eigenvalue weighted by Gasteiger charge is 2.29. The summed E-state index contributed by atoms with van der Waals surface area (Å²) in [6.07, 6.45) is 0.272. The number of Topliss-reactive ketones (excluding diaryl/α,β-unsaturated/α-hetero) is 1. The van der Waals surface area contributed by atoms with E-state index in [-0.39, 0.29) is 12.2 Å². The van der Waals surface area contributed by atoms with Gasteiger partial charge in [-0.1, -0.05) is 18.2 Å². The van der Waals surface area contributed by atoms with Gasteiger partial charge in [0.25, 0.3) is 0 Å². The molecule has 0 N–H and O–H groups in total. The van der Waals surface area contributed by atoms with Gasteiger partial charge in [-0.25, -0.2) is 0 Å². The lowest BCUT2D eigenvalue weighted by Crippen LogP contribution is -2.24. The highest BCUT2D eigenvalue weighted by Crippen LogP contribution is 2.31. The van der Waals surface area contributed by atoms with Crippen molar-refractivity contribution in [3.63, 3.8) is 0 Å². The topological polar surface area (TPSA) is 40.9 Å². The highest BCUT2D eigenvalue weighted by molar-refractivity contribution is 5.78. The van der Waals surface area contributed by atoms with Crippen molar-refractivity contribution < 1.29 is 4.79 Å². The van der Waals surface area contributed by atoms with Crippen LogP contribution in [0.25, 0.3) is 0 Å². The first-order chi connectivity index (χ1) is 7.40. The molecule has 84 valence electrons. The average Bonchev–Trinajstić information content (AvgIpc) is 2.21. The van der Waals surface area contributed by atoms with E-state index >= 15 is 0 Å². The molecule has 0 aliphatic heterocycles. The lowest BCUT2D eigenvalue weighted by Gasteiger charge is -2.23. The number of hydrogen-bond acceptors (Lipinski definition) is 2. The molecule has 1 atom stereocenters. The molecular formula is C14H17NO. The Kier molecular flexibility index (Phi) is 3.49. The first-order valence-corrected chi connectivity index (χ1v) is 5.38. The van der Waals surface area contributed by atoms with E-state index in [0.717, 1.165) is 16.7 Å². The maximum Gasteiger partial charge on any atom is 0.131 e. The van der Waals surface area contributed by atoms with E-state index in [1.54, 1.807) is 0 Å². The Labute approximate surface area is 96.9 Å². The summed E-state index contributed by atoms with van der Waals surface area (Å²) in [5.41, 5.74) is 2.52. The normalized spacial score (nSPS) is 13.9. The summed E-state index contributed by atoms with van der Waals surface area (Å²) < 4.78 is 0. The molecule has 0 fully saturated rings. The quantitative estimate of drug-likeness (QED) is 0.777. The number of hydrogen-bond donors (Lipinski definition) is 0. The fourth-order valence-corrected chi connectivity index (χ4v) is 2.04. The molecule has 16 heavy (non-hydrogen) atoms. The summed E-state index contributed by atoms with van der Waals surface area (Å²) in [7, 11) is 0. The van der Waals surface area contributed by atoms with E-state index in [0.29, 0.717) is 0 Å². The SMILES string of the molecule is CC(=O)CC(C)(C#N)c1cccc(C)c1C. The third-order valence-electron chi connectivity index (χ3n) is 3.05. The molecule has 0 amide bonds. The van der Waals surface area contributed by atoms with Gasteiger partial charge in [-0.3, -0.25) is 4.79 Å². The van der Waals surface area contributed by atoms with Gasteiger partial charge in [0.1, 0.15) is 5.78 Å². The van der Waals surface area contributed by atoms with Crippen LogP contribution in [-0.2, 0) is 10.2 Å². The minimum atomic E-state index is -0.706. The lowest BCUT2D eigenvalue weighted by atomic mass is 9.77. The maximum absolute atomic E-state index is 11.2. The van der Waals surface area contributed by atoms with E-state index in [1.165, 1.54) is 6.92 Å². The van der Waals surface area contributed by atoms with Crippen molar-refractivity contribution in [3.05, 3.63) is 34.9 Å². The van der Waals surface area contributed by atoms with Crippen LogP contribution in [-0.4, -0.2) is 5.78 Å². The molecule has 0 bridgehead atoms. The van der Waals surface area contributed by atoms with Gasteiger partial charge in [0.2, 0.25) is 0 Å². The summed E-state index contributed by atoms with van der Waals surface area (Å²) in [5, 5.41) is 9.30. The predicted octanol–water partition coefficient (Wildman–Crippen LogP) is 3.06. The number of aryl methyl sites for hydroxylation is 1. The smallest absolute Gasteiger partial charge is 0.131 e. The number of rotatable bonds is 3. The van der Waals surface area contributed by atoms with Crippen LogP contribution < -0.4 is 0 Å². The minimum Gasteiger partial charge on any atom is -0.300 e. The lowest BCUT2D eigenvalue weighted by molar-refractivity contribution is -0.117. The monoisotopic (exact) mass is 215 g/mol. The van der Waals surface area contributed by atoms with Crippen molar-refractivity contribution in [2.24, 2.45) is 0 Å². The van der Waals surface area contributed by atoms with Gasteiger partial charge in [-0.2, -0.15) is 5.26 Å². The third-order valence-corrected chi connectivity index (χ3v) is 3.05. The number of nitrogens with zero attached hydrogens (tertiary/aromatic N) is 1. The van der Waals surface area contributed by atoms with Gasteiger partial charge >= 0.3 is 0 Å². The second kappa shape index (κ2) is 4.49. The van der Waals surface area contributed by atoms with Crippen LogP contribution >= 0.6 is 0 Å². The van der Waals surface area contributed by atoms with Gasteiger partial charge in [0.15, 0.2) is 0 Å². The highest BCUT2D eigenvalue weighted by atomic mass is 16.1. The second-order valence-electron chi connectivity index (χ2n) is 4.57. The van der Waals surface area contributed by atoms with E-state index in [1.807, 2.05) is 39.0 Å². The summed E-state index contributed by atoms with van der Waals surface area (Å²) in [6.45, 7) is 7.38. The summed E-state index contributed by atoms with van der Waals surface area (Å²) >= 11 is 0.